The van der Waals surface area contributed by atoms with E-state index in [-0.39, 0.29) is 0 Å². The van der Waals surface area contributed by atoms with E-state index in [2.05, 4.69) is 237 Å². The molecular weight excluding hydrogens is 753 g/mol. The predicted molar refractivity (Wildman–Crippen MR) is 261 cm³/mol. The van der Waals surface area contributed by atoms with E-state index in [4.69, 9.17) is 0 Å². The molecule has 0 spiro atoms. The molecule has 0 unspecified atom stereocenters. The fourth-order valence-corrected chi connectivity index (χ4v) is 10.8. The van der Waals surface area contributed by atoms with Gasteiger partial charge < -0.3 is 18.3 Å². The molecule has 4 aromatic heterocycles. The summed E-state index contributed by atoms with van der Waals surface area (Å²) in [6.45, 7) is 0. The molecule has 0 radical (unpaired) electrons. The quantitative estimate of drug-likeness (QED) is 0.169. The monoisotopic (exact) mass is 788 g/mol. The predicted octanol–water partition coefficient (Wildman–Crippen LogP) is 15.2. The fraction of sp³-hybridized carbons (Fsp3) is 0. The zero-order valence-electron chi connectivity index (χ0n) is 33.6. The SMILES string of the molecule is c1ccc(-n2c3ccccc3c3c2ccc2c4ccccc4n(-c4ccc5cc(-n6c7ccccc7c7ccc8c(c9ccccc9n8-c8ccccc8)c76)ccc5c4)c23)cc1. The standard InChI is InChI=1S/C58H36N4/c1-3-15-39(16-4-1)59-51-25-13-9-21-47(51)55-53(59)33-31-45-43-19-7-11-23-49(43)61(57(45)55)41-29-27-38-36-42(30-28-37(38)35-41)62-50-24-12-8-20-44(50)46-32-34-54-56(58(46)62)48-22-10-14-26-52(48)60(54)40-17-5-2-6-18-40/h1-36H. The first-order valence-corrected chi connectivity index (χ1v) is 21.4. The van der Waals surface area contributed by atoms with Gasteiger partial charge in [0.25, 0.3) is 0 Å². The highest BCUT2D eigenvalue weighted by molar-refractivity contribution is 6.27. The number of aromatic nitrogens is 4. The Balaban J connectivity index is 1.01. The fourth-order valence-electron chi connectivity index (χ4n) is 10.8. The number of para-hydroxylation sites is 6. The van der Waals surface area contributed by atoms with Crippen LogP contribution in [0.15, 0.2) is 218 Å². The second-order valence-corrected chi connectivity index (χ2v) is 16.5. The number of fused-ring (bicyclic) bond motifs is 15. The highest BCUT2D eigenvalue weighted by Crippen LogP contribution is 2.44. The Morgan fingerprint density at radius 2 is 0.565 bits per heavy atom. The van der Waals surface area contributed by atoms with Crippen LogP contribution in [0.5, 0.6) is 0 Å². The molecule has 0 N–H and O–H groups in total. The van der Waals surface area contributed by atoms with Gasteiger partial charge in [0.1, 0.15) is 0 Å². The van der Waals surface area contributed by atoms with Gasteiger partial charge in [-0.05, 0) is 95.7 Å². The van der Waals surface area contributed by atoms with Crippen LogP contribution < -0.4 is 0 Å². The molecule has 0 fully saturated rings. The minimum atomic E-state index is 1.15. The topological polar surface area (TPSA) is 19.7 Å². The molecule has 14 aromatic rings. The highest BCUT2D eigenvalue weighted by atomic mass is 15.0. The third-order valence-electron chi connectivity index (χ3n) is 13.3. The Morgan fingerprint density at radius 1 is 0.210 bits per heavy atom. The third kappa shape index (κ3) is 4.50. The van der Waals surface area contributed by atoms with E-state index in [1.54, 1.807) is 0 Å². The summed E-state index contributed by atoms with van der Waals surface area (Å²) in [4.78, 5) is 0. The summed E-state index contributed by atoms with van der Waals surface area (Å²) in [6.07, 6.45) is 0. The van der Waals surface area contributed by atoms with Gasteiger partial charge >= 0.3 is 0 Å². The molecule has 0 saturated heterocycles. The lowest BCUT2D eigenvalue weighted by atomic mass is 10.1. The Labute approximate surface area is 355 Å². The number of nitrogens with zero attached hydrogens (tertiary/aromatic N) is 4. The molecular formula is C58H36N4. The van der Waals surface area contributed by atoms with Crippen molar-refractivity contribution in [1.29, 1.82) is 0 Å². The van der Waals surface area contributed by atoms with Gasteiger partial charge in [0.15, 0.2) is 0 Å². The van der Waals surface area contributed by atoms with Gasteiger partial charge in [-0.25, -0.2) is 0 Å². The van der Waals surface area contributed by atoms with E-state index in [1.165, 1.54) is 98.0 Å². The third-order valence-corrected chi connectivity index (χ3v) is 13.3. The van der Waals surface area contributed by atoms with Crippen LogP contribution in [0.2, 0.25) is 0 Å². The molecule has 10 aromatic carbocycles. The molecule has 288 valence electrons. The summed E-state index contributed by atoms with van der Waals surface area (Å²) in [6, 6.07) is 80.1. The maximum atomic E-state index is 2.49. The summed E-state index contributed by atoms with van der Waals surface area (Å²) < 4.78 is 9.81. The van der Waals surface area contributed by atoms with Crippen molar-refractivity contribution in [3.05, 3.63) is 218 Å². The highest BCUT2D eigenvalue weighted by Gasteiger charge is 2.23. The van der Waals surface area contributed by atoms with Crippen LogP contribution in [0.3, 0.4) is 0 Å². The summed E-state index contributed by atoms with van der Waals surface area (Å²) in [5.41, 5.74) is 14.3. The zero-order valence-corrected chi connectivity index (χ0v) is 33.6. The first kappa shape index (κ1) is 33.5. The lowest BCUT2D eigenvalue weighted by Crippen LogP contribution is -1.97. The summed E-state index contributed by atoms with van der Waals surface area (Å²) in [7, 11) is 0. The van der Waals surface area contributed by atoms with Gasteiger partial charge in [0.05, 0.1) is 44.1 Å². The van der Waals surface area contributed by atoms with Crippen LogP contribution in [0.25, 0.3) is 121 Å². The van der Waals surface area contributed by atoms with Gasteiger partial charge in [-0.15, -0.1) is 0 Å². The van der Waals surface area contributed by atoms with E-state index in [9.17, 15) is 0 Å². The molecule has 0 aliphatic carbocycles. The van der Waals surface area contributed by atoms with Crippen molar-refractivity contribution < 1.29 is 0 Å². The molecule has 4 nitrogen and oxygen atoms in total. The number of rotatable bonds is 4. The smallest absolute Gasteiger partial charge is 0.0641 e. The van der Waals surface area contributed by atoms with Crippen LogP contribution in [-0.4, -0.2) is 18.3 Å². The molecule has 0 saturated carbocycles. The Hall–Kier alpha value is -8.34. The van der Waals surface area contributed by atoms with Crippen LogP contribution in [-0.2, 0) is 0 Å². The zero-order chi connectivity index (χ0) is 40.5. The Morgan fingerprint density at radius 3 is 0.984 bits per heavy atom. The molecule has 4 heterocycles. The second-order valence-electron chi connectivity index (χ2n) is 16.5. The summed E-state index contributed by atoms with van der Waals surface area (Å²) in [5, 5.41) is 12.4. The van der Waals surface area contributed by atoms with Crippen molar-refractivity contribution >= 4 is 98.0 Å². The number of hydrogen-bond acceptors (Lipinski definition) is 0. The average molecular weight is 789 g/mol. The Bertz CT molecular complexity index is 3870. The summed E-state index contributed by atoms with van der Waals surface area (Å²) >= 11 is 0. The summed E-state index contributed by atoms with van der Waals surface area (Å²) in [5.74, 6) is 0. The van der Waals surface area contributed by atoms with E-state index in [0.29, 0.717) is 0 Å². The maximum Gasteiger partial charge on any atom is 0.0641 e. The van der Waals surface area contributed by atoms with Gasteiger partial charge in [-0.3, -0.25) is 0 Å². The van der Waals surface area contributed by atoms with E-state index < -0.39 is 0 Å². The van der Waals surface area contributed by atoms with Crippen molar-refractivity contribution in [3.8, 4) is 22.7 Å². The molecule has 0 aliphatic rings. The van der Waals surface area contributed by atoms with Crippen LogP contribution in [0, 0.1) is 0 Å². The first-order valence-electron chi connectivity index (χ1n) is 21.4. The van der Waals surface area contributed by atoms with Gasteiger partial charge in [-0.2, -0.15) is 0 Å². The van der Waals surface area contributed by atoms with E-state index in [1.807, 2.05) is 0 Å². The van der Waals surface area contributed by atoms with E-state index in [0.717, 1.165) is 22.7 Å². The Kier molecular flexibility index (Phi) is 6.80. The maximum absolute atomic E-state index is 2.49. The number of benzene rings is 10. The lowest BCUT2D eigenvalue weighted by molar-refractivity contribution is 1.17. The minimum absolute atomic E-state index is 1.15. The molecule has 62 heavy (non-hydrogen) atoms. The second kappa shape index (κ2) is 12.6. The first-order chi connectivity index (χ1) is 30.8. The van der Waals surface area contributed by atoms with Crippen LogP contribution in [0.1, 0.15) is 0 Å². The lowest BCUT2D eigenvalue weighted by Gasteiger charge is -2.13. The molecule has 0 amide bonds. The molecule has 0 bridgehead atoms. The molecule has 0 aliphatic heterocycles. The molecule has 0 atom stereocenters. The normalized spacial score (nSPS) is 12.2. The van der Waals surface area contributed by atoms with Crippen molar-refractivity contribution in [2.75, 3.05) is 0 Å². The van der Waals surface area contributed by atoms with Crippen LogP contribution >= 0.6 is 0 Å². The minimum Gasteiger partial charge on any atom is -0.309 e. The van der Waals surface area contributed by atoms with Gasteiger partial charge in [0, 0.05) is 65.8 Å². The van der Waals surface area contributed by atoms with Crippen molar-refractivity contribution in [2.24, 2.45) is 0 Å². The average Bonchev–Trinajstić information content (AvgIpc) is 4.07. The molecule has 14 rings (SSSR count). The van der Waals surface area contributed by atoms with Crippen molar-refractivity contribution in [3.63, 3.8) is 0 Å². The van der Waals surface area contributed by atoms with Gasteiger partial charge in [0.2, 0.25) is 0 Å². The van der Waals surface area contributed by atoms with Crippen molar-refractivity contribution in [2.45, 2.75) is 0 Å². The van der Waals surface area contributed by atoms with Crippen LogP contribution in [0.4, 0.5) is 0 Å². The largest absolute Gasteiger partial charge is 0.309 e. The van der Waals surface area contributed by atoms with Crippen molar-refractivity contribution in [1.82, 2.24) is 18.3 Å². The molecule has 4 heteroatoms. The number of hydrogen-bond donors (Lipinski definition) is 0. The van der Waals surface area contributed by atoms with Gasteiger partial charge in [-0.1, -0.05) is 133 Å². The van der Waals surface area contributed by atoms with E-state index >= 15 is 0 Å².